The number of hydrogen-bond donors (Lipinski definition) is 1. The summed E-state index contributed by atoms with van der Waals surface area (Å²) in [7, 11) is 1.85. The van der Waals surface area contributed by atoms with E-state index in [0.29, 0.717) is 0 Å². The number of nitrogens with zero attached hydrogens (tertiary/aromatic N) is 2. The zero-order valence-corrected chi connectivity index (χ0v) is 9.90. The van der Waals surface area contributed by atoms with Gasteiger partial charge in [0.05, 0.1) is 5.69 Å². The summed E-state index contributed by atoms with van der Waals surface area (Å²) in [6.45, 7) is 0. The van der Waals surface area contributed by atoms with Gasteiger partial charge in [0.25, 0.3) is 0 Å². The maximum absolute atomic E-state index is 4.23. The molecule has 0 saturated heterocycles. The van der Waals surface area contributed by atoms with Gasteiger partial charge in [-0.3, -0.25) is 0 Å². The van der Waals surface area contributed by atoms with Crippen LogP contribution in [-0.2, 0) is 12.8 Å². The lowest BCUT2D eigenvalue weighted by atomic mass is 10.0. The standard InChI is InChI=1S/C14H15N3/c1-15-14-8-7-13(16-17-14)12-6-5-10-3-2-4-11(10)9-12/h5-9H,2-4H2,1H3,(H,15,17). The van der Waals surface area contributed by atoms with E-state index in [0.717, 1.165) is 11.5 Å². The zero-order valence-electron chi connectivity index (χ0n) is 9.90. The Bertz CT molecular complexity index is 532. The van der Waals surface area contributed by atoms with Crippen LogP contribution in [0.25, 0.3) is 11.3 Å². The third kappa shape index (κ3) is 1.88. The fourth-order valence-corrected chi connectivity index (χ4v) is 2.35. The molecule has 3 heteroatoms. The highest BCUT2D eigenvalue weighted by molar-refractivity contribution is 5.62. The van der Waals surface area contributed by atoms with E-state index in [2.05, 4.69) is 33.7 Å². The molecule has 0 radical (unpaired) electrons. The number of hydrogen-bond acceptors (Lipinski definition) is 3. The molecule has 0 atom stereocenters. The van der Waals surface area contributed by atoms with Crippen LogP contribution in [0.3, 0.4) is 0 Å². The lowest BCUT2D eigenvalue weighted by molar-refractivity contribution is 0.912. The zero-order chi connectivity index (χ0) is 11.7. The number of aryl methyl sites for hydroxylation is 2. The van der Waals surface area contributed by atoms with E-state index in [4.69, 9.17) is 0 Å². The molecule has 0 saturated carbocycles. The first-order chi connectivity index (χ1) is 8.36. The van der Waals surface area contributed by atoms with Crippen LogP contribution >= 0.6 is 0 Å². The van der Waals surface area contributed by atoms with Crippen molar-refractivity contribution >= 4 is 5.82 Å². The van der Waals surface area contributed by atoms with Gasteiger partial charge in [0.1, 0.15) is 5.82 Å². The van der Waals surface area contributed by atoms with Crippen LogP contribution in [0.1, 0.15) is 17.5 Å². The summed E-state index contributed by atoms with van der Waals surface area (Å²) in [5.74, 6) is 0.801. The third-order valence-corrected chi connectivity index (χ3v) is 3.31. The molecule has 1 N–H and O–H groups in total. The van der Waals surface area contributed by atoms with E-state index < -0.39 is 0 Å². The molecule has 0 fully saturated rings. The Labute approximate surface area is 101 Å². The van der Waals surface area contributed by atoms with Gasteiger partial charge < -0.3 is 5.32 Å². The number of nitrogens with one attached hydrogen (secondary N) is 1. The maximum atomic E-state index is 4.23. The Morgan fingerprint density at radius 1 is 1.00 bits per heavy atom. The molecule has 2 aromatic rings. The van der Waals surface area contributed by atoms with Gasteiger partial charge in [0, 0.05) is 12.6 Å². The molecule has 3 rings (SSSR count). The Morgan fingerprint density at radius 2 is 1.88 bits per heavy atom. The minimum Gasteiger partial charge on any atom is -0.372 e. The molecule has 86 valence electrons. The highest BCUT2D eigenvalue weighted by Crippen LogP contribution is 2.27. The summed E-state index contributed by atoms with van der Waals surface area (Å²) in [4.78, 5) is 0. The van der Waals surface area contributed by atoms with Crippen LogP contribution in [0.2, 0.25) is 0 Å². The Morgan fingerprint density at radius 3 is 2.65 bits per heavy atom. The van der Waals surface area contributed by atoms with Crippen molar-refractivity contribution in [2.75, 3.05) is 12.4 Å². The van der Waals surface area contributed by atoms with Crippen molar-refractivity contribution in [3.63, 3.8) is 0 Å². The van der Waals surface area contributed by atoms with Crippen molar-refractivity contribution in [3.8, 4) is 11.3 Å². The molecule has 1 heterocycles. The van der Waals surface area contributed by atoms with E-state index in [1.54, 1.807) is 0 Å². The van der Waals surface area contributed by atoms with Crippen molar-refractivity contribution in [3.05, 3.63) is 41.5 Å². The average Bonchev–Trinajstić information content (AvgIpc) is 2.86. The topological polar surface area (TPSA) is 37.8 Å². The van der Waals surface area contributed by atoms with Crippen LogP contribution in [0.15, 0.2) is 30.3 Å². The van der Waals surface area contributed by atoms with Gasteiger partial charge in [-0.15, -0.1) is 10.2 Å². The van der Waals surface area contributed by atoms with Crippen molar-refractivity contribution in [1.82, 2.24) is 10.2 Å². The van der Waals surface area contributed by atoms with Crippen LogP contribution < -0.4 is 5.32 Å². The smallest absolute Gasteiger partial charge is 0.148 e. The normalized spacial score (nSPS) is 13.5. The van der Waals surface area contributed by atoms with Gasteiger partial charge in [-0.25, -0.2) is 0 Å². The molecular weight excluding hydrogens is 210 g/mol. The number of fused-ring (bicyclic) bond motifs is 1. The van der Waals surface area contributed by atoms with Gasteiger partial charge >= 0.3 is 0 Å². The van der Waals surface area contributed by atoms with Gasteiger partial charge in [0.2, 0.25) is 0 Å². The lowest BCUT2D eigenvalue weighted by Gasteiger charge is -2.04. The molecule has 1 aliphatic rings. The third-order valence-electron chi connectivity index (χ3n) is 3.31. The number of rotatable bonds is 2. The lowest BCUT2D eigenvalue weighted by Crippen LogP contribution is -1.95. The van der Waals surface area contributed by atoms with Crippen LogP contribution in [0.5, 0.6) is 0 Å². The molecule has 0 bridgehead atoms. The van der Waals surface area contributed by atoms with E-state index in [9.17, 15) is 0 Å². The Balaban J connectivity index is 1.97. The van der Waals surface area contributed by atoms with E-state index in [1.165, 1.54) is 36.0 Å². The largest absolute Gasteiger partial charge is 0.372 e. The summed E-state index contributed by atoms with van der Waals surface area (Å²) >= 11 is 0. The first-order valence-corrected chi connectivity index (χ1v) is 6.00. The van der Waals surface area contributed by atoms with Crippen molar-refractivity contribution in [2.45, 2.75) is 19.3 Å². The molecule has 3 nitrogen and oxygen atoms in total. The van der Waals surface area contributed by atoms with Crippen LogP contribution in [-0.4, -0.2) is 17.2 Å². The van der Waals surface area contributed by atoms with Gasteiger partial charge in [-0.05, 0) is 48.6 Å². The molecule has 0 amide bonds. The van der Waals surface area contributed by atoms with Gasteiger partial charge in [-0.1, -0.05) is 12.1 Å². The van der Waals surface area contributed by atoms with E-state index in [1.807, 2.05) is 19.2 Å². The SMILES string of the molecule is CNc1ccc(-c2ccc3c(c2)CCC3)nn1. The summed E-state index contributed by atoms with van der Waals surface area (Å²) < 4.78 is 0. The second kappa shape index (κ2) is 4.17. The van der Waals surface area contributed by atoms with Gasteiger partial charge in [-0.2, -0.15) is 0 Å². The fraction of sp³-hybridized carbons (Fsp3) is 0.286. The molecule has 1 aromatic heterocycles. The van der Waals surface area contributed by atoms with Gasteiger partial charge in [0.15, 0.2) is 0 Å². The highest BCUT2D eigenvalue weighted by Gasteiger charge is 2.11. The minimum absolute atomic E-state index is 0.801. The minimum atomic E-state index is 0.801. The predicted octanol–water partition coefficient (Wildman–Crippen LogP) is 2.67. The molecule has 17 heavy (non-hydrogen) atoms. The second-order valence-corrected chi connectivity index (χ2v) is 4.39. The molecule has 0 spiro atoms. The average molecular weight is 225 g/mol. The van der Waals surface area contributed by atoms with Crippen LogP contribution in [0, 0.1) is 0 Å². The Kier molecular flexibility index (Phi) is 2.52. The monoisotopic (exact) mass is 225 g/mol. The first-order valence-electron chi connectivity index (χ1n) is 6.00. The second-order valence-electron chi connectivity index (χ2n) is 4.39. The molecular formula is C14H15N3. The fourth-order valence-electron chi connectivity index (χ4n) is 2.35. The van der Waals surface area contributed by atoms with Crippen molar-refractivity contribution < 1.29 is 0 Å². The van der Waals surface area contributed by atoms with Crippen LogP contribution in [0.4, 0.5) is 5.82 Å². The maximum Gasteiger partial charge on any atom is 0.148 e. The molecule has 0 unspecified atom stereocenters. The quantitative estimate of drug-likeness (QED) is 0.853. The Hall–Kier alpha value is -1.90. The number of benzene rings is 1. The molecule has 0 aliphatic heterocycles. The summed E-state index contributed by atoms with van der Waals surface area (Å²) in [6, 6.07) is 10.6. The van der Waals surface area contributed by atoms with E-state index in [-0.39, 0.29) is 0 Å². The van der Waals surface area contributed by atoms with E-state index >= 15 is 0 Å². The summed E-state index contributed by atoms with van der Waals surface area (Å²) in [5, 5.41) is 11.3. The predicted molar refractivity (Wildman–Crippen MR) is 69.0 cm³/mol. The van der Waals surface area contributed by atoms with Crippen molar-refractivity contribution in [1.29, 1.82) is 0 Å². The van der Waals surface area contributed by atoms with Crippen molar-refractivity contribution in [2.24, 2.45) is 0 Å². The summed E-state index contributed by atoms with van der Waals surface area (Å²) in [6.07, 6.45) is 3.70. The highest BCUT2D eigenvalue weighted by atomic mass is 15.2. The number of anilines is 1. The molecule has 1 aromatic carbocycles. The molecule has 1 aliphatic carbocycles. The summed E-state index contributed by atoms with van der Waals surface area (Å²) in [5.41, 5.74) is 5.08. The first kappa shape index (κ1) is 10.3. The number of aromatic nitrogens is 2.